The lowest BCUT2D eigenvalue weighted by atomic mass is 10.1. The third-order valence-electron chi connectivity index (χ3n) is 4.16. The highest BCUT2D eigenvalue weighted by atomic mass is 16.5. The first-order chi connectivity index (χ1) is 11.3. The van der Waals surface area contributed by atoms with Crippen LogP contribution in [0.1, 0.15) is 11.1 Å². The molecule has 3 nitrogen and oxygen atoms in total. The number of ether oxygens (including phenoxy) is 1. The molecule has 0 saturated heterocycles. The first-order valence-corrected chi connectivity index (χ1v) is 7.47. The molecule has 0 aliphatic heterocycles. The molecule has 1 aliphatic carbocycles. The van der Waals surface area contributed by atoms with E-state index >= 15 is 0 Å². The highest BCUT2D eigenvalue weighted by Gasteiger charge is 2.30. The second-order valence-electron chi connectivity index (χ2n) is 5.43. The summed E-state index contributed by atoms with van der Waals surface area (Å²) in [6, 6.07) is 23.2. The van der Waals surface area contributed by atoms with Crippen LogP contribution >= 0.6 is 0 Å². The fraction of sp³-hybridized carbons (Fsp3) is 0.0500. The summed E-state index contributed by atoms with van der Waals surface area (Å²) in [5.74, 6) is 0.736. The van der Waals surface area contributed by atoms with Crippen molar-refractivity contribution in [2.75, 3.05) is 7.11 Å². The molecular weight excluding hydrogens is 286 g/mol. The van der Waals surface area contributed by atoms with Gasteiger partial charge in [-0.05, 0) is 35.4 Å². The Morgan fingerprint density at radius 2 is 1.17 bits per heavy atom. The summed E-state index contributed by atoms with van der Waals surface area (Å²) in [6.45, 7) is 0. The van der Waals surface area contributed by atoms with Gasteiger partial charge >= 0.3 is 0 Å². The van der Waals surface area contributed by atoms with Gasteiger partial charge in [-0.15, -0.1) is 0 Å². The zero-order valence-corrected chi connectivity index (χ0v) is 12.7. The zero-order valence-electron chi connectivity index (χ0n) is 12.7. The molecule has 0 heterocycles. The van der Waals surface area contributed by atoms with Crippen molar-refractivity contribution in [1.82, 2.24) is 0 Å². The van der Waals surface area contributed by atoms with Gasteiger partial charge in [-0.3, -0.25) is 0 Å². The van der Waals surface area contributed by atoms with Gasteiger partial charge in [-0.1, -0.05) is 36.4 Å². The van der Waals surface area contributed by atoms with E-state index in [1.165, 1.54) is 0 Å². The van der Waals surface area contributed by atoms with Crippen molar-refractivity contribution < 1.29 is 9.48 Å². The van der Waals surface area contributed by atoms with Gasteiger partial charge in [-0.2, -0.15) is 4.74 Å². The Kier molecular flexibility index (Phi) is 3.12. The van der Waals surface area contributed by atoms with Gasteiger partial charge in [0.2, 0.25) is 11.4 Å². The number of methoxy groups -OCH3 is 1. The highest BCUT2D eigenvalue weighted by molar-refractivity contribution is 6.22. The van der Waals surface area contributed by atoms with E-state index in [1.54, 1.807) is 31.4 Å². The minimum absolute atomic E-state index is 0.590. The largest absolute Gasteiger partial charge is 0.618 e. The van der Waals surface area contributed by atoms with Gasteiger partial charge in [0.1, 0.15) is 5.75 Å². The van der Waals surface area contributed by atoms with Crippen LogP contribution in [-0.4, -0.2) is 17.6 Å². The van der Waals surface area contributed by atoms with Crippen LogP contribution in [0.25, 0.3) is 11.1 Å². The zero-order chi connectivity index (χ0) is 15.8. The van der Waals surface area contributed by atoms with Crippen LogP contribution < -0.4 is 4.74 Å². The maximum atomic E-state index is 13.0. The third-order valence-corrected chi connectivity index (χ3v) is 4.16. The van der Waals surface area contributed by atoms with E-state index in [2.05, 4.69) is 12.1 Å². The van der Waals surface area contributed by atoms with Gasteiger partial charge in [-0.25, -0.2) is 0 Å². The molecule has 0 aromatic heterocycles. The average molecular weight is 301 g/mol. The van der Waals surface area contributed by atoms with E-state index in [-0.39, 0.29) is 0 Å². The van der Waals surface area contributed by atoms with Crippen LogP contribution in [0.3, 0.4) is 0 Å². The summed E-state index contributed by atoms with van der Waals surface area (Å²) in [6.07, 6.45) is 0. The van der Waals surface area contributed by atoms with Gasteiger partial charge in [0.05, 0.1) is 18.2 Å². The van der Waals surface area contributed by atoms with E-state index in [9.17, 15) is 5.21 Å². The summed E-state index contributed by atoms with van der Waals surface area (Å²) >= 11 is 0. The molecule has 0 atom stereocenters. The summed E-state index contributed by atoms with van der Waals surface area (Å²) in [4.78, 5) is 0. The normalized spacial score (nSPS) is 11.8. The van der Waals surface area contributed by atoms with Crippen molar-refractivity contribution in [3.63, 3.8) is 0 Å². The van der Waals surface area contributed by atoms with E-state index in [4.69, 9.17) is 4.74 Å². The minimum Gasteiger partial charge on any atom is -0.618 e. The van der Waals surface area contributed by atoms with Crippen LogP contribution in [0.5, 0.6) is 5.75 Å². The van der Waals surface area contributed by atoms with Gasteiger partial charge in [0, 0.05) is 12.1 Å². The van der Waals surface area contributed by atoms with Crippen LogP contribution in [0.2, 0.25) is 0 Å². The molecule has 0 saturated carbocycles. The molecule has 3 heteroatoms. The molecule has 0 spiro atoms. The Labute approximate surface area is 134 Å². The summed E-state index contributed by atoms with van der Waals surface area (Å²) in [5.41, 5.74) is 5.44. The second-order valence-corrected chi connectivity index (χ2v) is 5.43. The van der Waals surface area contributed by atoms with Crippen molar-refractivity contribution >= 4 is 11.4 Å². The average Bonchev–Trinajstić information content (AvgIpc) is 2.96. The molecule has 0 bridgehead atoms. The van der Waals surface area contributed by atoms with Crippen LogP contribution in [0.15, 0.2) is 72.8 Å². The third kappa shape index (κ3) is 2.09. The Balaban J connectivity index is 1.96. The Hall–Kier alpha value is -3.07. The standard InChI is InChI=1S/C20H15NO2/c1-23-15-12-10-14(11-13-15)21(22)20-18-8-4-2-6-16(18)17-7-3-5-9-19(17)20/h2-13H,1H3. The molecular formula is C20H15NO2. The van der Waals surface area contributed by atoms with Crippen molar-refractivity contribution in [1.29, 1.82) is 0 Å². The molecule has 0 N–H and O–H groups in total. The molecule has 1 aliphatic rings. The predicted octanol–water partition coefficient (Wildman–Crippen LogP) is 4.36. The van der Waals surface area contributed by atoms with Crippen LogP contribution in [0.4, 0.5) is 5.69 Å². The number of rotatable bonds is 2. The molecule has 0 unspecified atom stereocenters. The maximum Gasteiger partial charge on any atom is 0.232 e. The van der Waals surface area contributed by atoms with Gasteiger partial charge < -0.3 is 9.94 Å². The van der Waals surface area contributed by atoms with E-state index in [1.807, 2.05) is 36.4 Å². The number of hydrogen-bond donors (Lipinski definition) is 0. The fourth-order valence-electron chi connectivity index (χ4n) is 3.06. The van der Waals surface area contributed by atoms with Crippen LogP contribution in [0, 0.1) is 5.21 Å². The SMILES string of the molecule is COc1ccc([N+]([O-])=C2c3ccccc3-c3ccccc32)cc1. The summed E-state index contributed by atoms with van der Waals surface area (Å²) in [5, 5.41) is 13.0. The topological polar surface area (TPSA) is 35.3 Å². The number of benzene rings is 3. The molecule has 23 heavy (non-hydrogen) atoms. The monoisotopic (exact) mass is 301 g/mol. The fourth-order valence-corrected chi connectivity index (χ4v) is 3.06. The van der Waals surface area contributed by atoms with Crippen LogP contribution in [-0.2, 0) is 0 Å². The lowest BCUT2D eigenvalue weighted by Gasteiger charge is -2.09. The maximum absolute atomic E-state index is 13.0. The number of hydrogen-bond acceptors (Lipinski definition) is 2. The van der Waals surface area contributed by atoms with Gasteiger partial charge in [0.25, 0.3) is 0 Å². The molecule has 3 aromatic carbocycles. The first kappa shape index (κ1) is 13.6. The molecule has 4 rings (SSSR count). The Bertz CT molecular complexity index is 863. The molecule has 0 radical (unpaired) electrons. The van der Waals surface area contributed by atoms with Gasteiger partial charge in [0.15, 0.2) is 0 Å². The highest BCUT2D eigenvalue weighted by Crippen LogP contribution is 2.37. The van der Waals surface area contributed by atoms with Crippen molar-refractivity contribution in [3.05, 3.63) is 89.1 Å². The van der Waals surface area contributed by atoms with E-state index < -0.39 is 0 Å². The predicted molar refractivity (Wildman–Crippen MR) is 91.4 cm³/mol. The molecule has 3 aromatic rings. The Morgan fingerprint density at radius 1 is 0.696 bits per heavy atom. The summed E-state index contributed by atoms with van der Waals surface area (Å²) in [7, 11) is 1.61. The first-order valence-electron chi connectivity index (χ1n) is 7.47. The second kappa shape index (κ2) is 5.29. The van der Waals surface area contributed by atoms with E-state index in [0.717, 1.165) is 32.7 Å². The van der Waals surface area contributed by atoms with Crippen molar-refractivity contribution in [3.8, 4) is 16.9 Å². The molecule has 112 valence electrons. The van der Waals surface area contributed by atoms with E-state index in [0.29, 0.717) is 11.4 Å². The minimum atomic E-state index is 0.590. The smallest absolute Gasteiger partial charge is 0.232 e. The van der Waals surface area contributed by atoms with Crippen molar-refractivity contribution in [2.24, 2.45) is 0 Å². The molecule has 0 fully saturated rings. The number of fused-ring (bicyclic) bond motifs is 3. The number of nitrogens with zero attached hydrogens (tertiary/aromatic N) is 1. The summed E-state index contributed by atoms with van der Waals surface area (Å²) < 4.78 is 6.16. The Morgan fingerprint density at radius 3 is 1.65 bits per heavy atom. The lowest BCUT2D eigenvalue weighted by molar-refractivity contribution is -0.359. The van der Waals surface area contributed by atoms with Crippen molar-refractivity contribution in [2.45, 2.75) is 0 Å². The lowest BCUT2D eigenvalue weighted by Crippen LogP contribution is -2.12. The quantitative estimate of drug-likeness (QED) is 0.313. The molecule has 0 amide bonds.